The van der Waals surface area contributed by atoms with Crippen molar-refractivity contribution in [2.75, 3.05) is 13.1 Å². The van der Waals surface area contributed by atoms with Gasteiger partial charge < -0.3 is 10.6 Å². The average molecular weight is 272 g/mol. The van der Waals surface area contributed by atoms with E-state index in [9.17, 15) is 4.79 Å². The van der Waals surface area contributed by atoms with Crippen LogP contribution in [-0.4, -0.2) is 24.5 Å². The second-order valence-corrected chi connectivity index (χ2v) is 6.99. The van der Waals surface area contributed by atoms with E-state index in [4.69, 9.17) is 0 Å². The number of piperidine rings is 1. The van der Waals surface area contributed by atoms with Crippen LogP contribution >= 0.6 is 0 Å². The lowest BCUT2D eigenvalue weighted by Gasteiger charge is -2.27. The number of rotatable bonds is 4. The van der Waals surface area contributed by atoms with Crippen molar-refractivity contribution in [1.29, 1.82) is 0 Å². The summed E-state index contributed by atoms with van der Waals surface area (Å²) in [5.41, 5.74) is 2.42. The summed E-state index contributed by atoms with van der Waals surface area (Å²) in [6.07, 6.45) is 0.881. The molecule has 1 aromatic rings. The van der Waals surface area contributed by atoms with E-state index in [2.05, 4.69) is 55.7 Å². The van der Waals surface area contributed by atoms with Gasteiger partial charge in [0.15, 0.2) is 0 Å². The van der Waals surface area contributed by atoms with Gasteiger partial charge in [-0.05, 0) is 63.2 Å². The summed E-state index contributed by atoms with van der Waals surface area (Å²) >= 11 is 0. The second-order valence-electron chi connectivity index (χ2n) is 6.99. The Hall–Kier alpha value is -1.35. The molecule has 2 aliphatic rings. The number of amides is 1. The molecule has 3 nitrogen and oxygen atoms in total. The number of nitrogens with one attached hydrogen (secondary N) is 2. The molecule has 0 unspecified atom stereocenters. The normalized spacial score (nSPS) is 28.1. The lowest BCUT2D eigenvalue weighted by atomic mass is 9.92. The van der Waals surface area contributed by atoms with E-state index < -0.39 is 0 Å². The van der Waals surface area contributed by atoms with Gasteiger partial charge in [-0.2, -0.15) is 0 Å². The highest BCUT2D eigenvalue weighted by Crippen LogP contribution is 2.48. The SMILES string of the molecule is Cc1ccccc1CC(C)(C)NC(=O)[C@H]1[C@@H]2CNC[C@@H]21. The van der Waals surface area contributed by atoms with Gasteiger partial charge in [0.1, 0.15) is 0 Å². The van der Waals surface area contributed by atoms with Gasteiger partial charge in [-0.25, -0.2) is 0 Å². The minimum Gasteiger partial charge on any atom is -0.351 e. The van der Waals surface area contributed by atoms with Gasteiger partial charge in [0, 0.05) is 11.5 Å². The first kappa shape index (κ1) is 13.6. The maximum atomic E-state index is 12.4. The molecule has 1 aromatic carbocycles. The summed E-state index contributed by atoms with van der Waals surface area (Å²) in [7, 11) is 0. The molecule has 3 heteroatoms. The smallest absolute Gasteiger partial charge is 0.224 e. The zero-order chi connectivity index (χ0) is 14.3. The fourth-order valence-electron chi connectivity index (χ4n) is 3.55. The first-order chi connectivity index (χ1) is 9.48. The lowest BCUT2D eigenvalue weighted by Crippen LogP contribution is -2.46. The van der Waals surface area contributed by atoms with E-state index in [1.807, 2.05) is 0 Å². The van der Waals surface area contributed by atoms with Crippen LogP contribution in [0.4, 0.5) is 0 Å². The zero-order valence-electron chi connectivity index (χ0n) is 12.6. The molecule has 1 aliphatic heterocycles. The van der Waals surface area contributed by atoms with E-state index >= 15 is 0 Å². The number of hydrogen-bond donors (Lipinski definition) is 2. The first-order valence-corrected chi connectivity index (χ1v) is 7.55. The van der Waals surface area contributed by atoms with E-state index in [0.717, 1.165) is 19.5 Å². The van der Waals surface area contributed by atoms with Crippen LogP contribution < -0.4 is 10.6 Å². The maximum Gasteiger partial charge on any atom is 0.224 e. The monoisotopic (exact) mass is 272 g/mol. The van der Waals surface area contributed by atoms with Gasteiger partial charge >= 0.3 is 0 Å². The molecule has 3 rings (SSSR count). The quantitative estimate of drug-likeness (QED) is 0.879. The van der Waals surface area contributed by atoms with Crippen LogP contribution in [0.2, 0.25) is 0 Å². The Morgan fingerprint density at radius 2 is 1.95 bits per heavy atom. The Balaban J connectivity index is 1.61. The van der Waals surface area contributed by atoms with Crippen LogP contribution in [0.3, 0.4) is 0 Å². The van der Waals surface area contributed by atoms with Crippen molar-refractivity contribution >= 4 is 5.91 Å². The van der Waals surface area contributed by atoms with Crippen molar-refractivity contribution in [1.82, 2.24) is 10.6 Å². The molecule has 0 spiro atoms. The van der Waals surface area contributed by atoms with Gasteiger partial charge in [0.2, 0.25) is 5.91 Å². The zero-order valence-corrected chi connectivity index (χ0v) is 12.6. The summed E-state index contributed by atoms with van der Waals surface area (Å²) in [4.78, 5) is 12.4. The Bertz CT molecular complexity index is 513. The number of aryl methyl sites for hydroxylation is 1. The maximum absolute atomic E-state index is 12.4. The van der Waals surface area contributed by atoms with Crippen LogP contribution in [0, 0.1) is 24.7 Å². The molecular weight excluding hydrogens is 248 g/mol. The highest BCUT2D eigenvalue weighted by atomic mass is 16.2. The van der Waals surface area contributed by atoms with Crippen LogP contribution in [0.5, 0.6) is 0 Å². The molecule has 2 fully saturated rings. The molecule has 1 heterocycles. The predicted octanol–water partition coefficient (Wildman–Crippen LogP) is 1.90. The lowest BCUT2D eigenvalue weighted by molar-refractivity contribution is -0.124. The third-order valence-electron chi connectivity index (χ3n) is 4.75. The van der Waals surface area contributed by atoms with Crippen LogP contribution in [0.15, 0.2) is 24.3 Å². The van der Waals surface area contributed by atoms with E-state index in [1.165, 1.54) is 11.1 Å². The third kappa shape index (κ3) is 2.59. The molecule has 20 heavy (non-hydrogen) atoms. The molecule has 1 aliphatic carbocycles. The minimum absolute atomic E-state index is 0.187. The number of fused-ring (bicyclic) bond motifs is 1. The highest BCUT2D eigenvalue weighted by molar-refractivity contribution is 5.83. The van der Waals surface area contributed by atoms with Crippen molar-refractivity contribution in [2.24, 2.45) is 17.8 Å². The molecule has 1 amide bonds. The molecule has 2 N–H and O–H groups in total. The van der Waals surface area contributed by atoms with Crippen LogP contribution in [0.1, 0.15) is 25.0 Å². The summed E-state index contributed by atoms with van der Waals surface area (Å²) in [6.45, 7) is 8.40. The van der Waals surface area contributed by atoms with Crippen LogP contribution in [-0.2, 0) is 11.2 Å². The van der Waals surface area contributed by atoms with Crippen LogP contribution in [0.25, 0.3) is 0 Å². The Morgan fingerprint density at radius 1 is 1.30 bits per heavy atom. The van der Waals surface area contributed by atoms with Gasteiger partial charge in [-0.15, -0.1) is 0 Å². The summed E-state index contributed by atoms with van der Waals surface area (Å²) in [5.74, 6) is 1.68. The Kier molecular flexibility index (Phi) is 3.33. The standard InChI is InChI=1S/C17H24N2O/c1-11-6-4-5-7-12(11)8-17(2,3)19-16(20)15-13-9-18-10-14(13)15/h4-7,13-15,18H,8-10H2,1-3H3,(H,19,20)/t13-,14+,15+. The topological polar surface area (TPSA) is 41.1 Å². The molecule has 1 saturated carbocycles. The third-order valence-corrected chi connectivity index (χ3v) is 4.75. The van der Waals surface area contributed by atoms with Gasteiger partial charge in [-0.1, -0.05) is 24.3 Å². The minimum atomic E-state index is -0.187. The van der Waals surface area contributed by atoms with Crippen molar-refractivity contribution in [3.05, 3.63) is 35.4 Å². The molecule has 0 bridgehead atoms. The molecule has 0 radical (unpaired) electrons. The van der Waals surface area contributed by atoms with Crippen molar-refractivity contribution in [2.45, 2.75) is 32.7 Å². The fraction of sp³-hybridized carbons (Fsp3) is 0.588. The number of carbonyl (C=O) groups is 1. The molecular formula is C17H24N2O. The molecule has 1 saturated heterocycles. The summed E-state index contributed by atoms with van der Waals surface area (Å²) < 4.78 is 0. The fourth-order valence-corrected chi connectivity index (χ4v) is 3.55. The highest BCUT2D eigenvalue weighted by Gasteiger charge is 2.57. The van der Waals surface area contributed by atoms with Gasteiger partial charge in [-0.3, -0.25) is 4.79 Å². The number of carbonyl (C=O) groups excluding carboxylic acids is 1. The first-order valence-electron chi connectivity index (χ1n) is 7.55. The largest absolute Gasteiger partial charge is 0.351 e. The van der Waals surface area contributed by atoms with E-state index in [1.54, 1.807) is 0 Å². The van der Waals surface area contributed by atoms with Gasteiger partial charge in [0.05, 0.1) is 0 Å². The Morgan fingerprint density at radius 3 is 2.60 bits per heavy atom. The summed E-state index contributed by atoms with van der Waals surface area (Å²) in [5, 5.41) is 6.59. The number of hydrogen-bond acceptors (Lipinski definition) is 2. The second kappa shape index (κ2) is 4.88. The molecule has 108 valence electrons. The van der Waals surface area contributed by atoms with Gasteiger partial charge in [0.25, 0.3) is 0 Å². The van der Waals surface area contributed by atoms with Crippen molar-refractivity contribution in [3.8, 4) is 0 Å². The Labute approximate surface area is 121 Å². The average Bonchev–Trinajstić information content (AvgIpc) is 2.86. The van der Waals surface area contributed by atoms with Crippen molar-refractivity contribution < 1.29 is 4.79 Å². The summed E-state index contributed by atoms with van der Waals surface area (Å²) in [6, 6.07) is 8.41. The van der Waals surface area contributed by atoms with E-state index in [-0.39, 0.29) is 17.4 Å². The molecule has 3 atom stereocenters. The van der Waals surface area contributed by atoms with E-state index in [0.29, 0.717) is 11.8 Å². The number of benzene rings is 1. The van der Waals surface area contributed by atoms with Crippen molar-refractivity contribution in [3.63, 3.8) is 0 Å². The molecule has 0 aromatic heterocycles. The predicted molar refractivity (Wildman–Crippen MR) is 80.4 cm³/mol.